The lowest BCUT2D eigenvalue weighted by Crippen LogP contribution is -2.05. The Morgan fingerprint density at radius 2 is 2.31 bits per heavy atom. The van der Waals surface area contributed by atoms with E-state index in [0.29, 0.717) is 0 Å². The molecular weight excluding hydrogens is 184 g/mol. The SMILES string of the molecule is CCCc1nc(CO)sc1CNC. The van der Waals surface area contributed by atoms with Gasteiger partial charge in [0.1, 0.15) is 5.01 Å². The smallest absolute Gasteiger partial charge is 0.119 e. The molecule has 0 radical (unpaired) electrons. The van der Waals surface area contributed by atoms with Crippen LogP contribution in [0.15, 0.2) is 0 Å². The molecule has 1 heterocycles. The number of aryl methyl sites for hydroxylation is 1. The van der Waals surface area contributed by atoms with Crippen LogP contribution in [0.25, 0.3) is 0 Å². The molecule has 0 saturated carbocycles. The van der Waals surface area contributed by atoms with E-state index in [2.05, 4.69) is 17.2 Å². The van der Waals surface area contributed by atoms with Crippen molar-refractivity contribution < 1.29 is 5.11 Å². The quantitative estimate of drug-likeness (QED) is 0.753. The summed E-state index contributed by atoms with van der Waals surface area (Å²) < 4.78 is 0. The molecule has 13 heavy (non-hydrogen) atoms. The van der Waals surface area contributed by atoms with Crippen LogP contribution >= 0.6 is 11.3 Å². The number of aliphatic hydroxyl groups is 1. The summed E-state index contributed by atoms with van der Waals surface area (Å²) in [6, 6.07) is 0. The van der Waals surface area contributed by atoms with E-state index in [1.54, 1.807) is 11.3 Å². The molecule has 0 aliphatic carbocycles. The van der Waals surface area contributed by atoms with E-state index in [0.717, 1.165) is 30.1 Å². The number of thiazole rings is 1. The normalized spacial score (nSPS) is 10.7. The van der Waals surface area contributed by atoms with Gasteiger partial charge in [0.25, 0.3) is 0 Å². The number of nitrogens with one attached hydrogen (secondary N) is 1. The van der Waals surface area contributed by atoms with E-state index in [-0.39, 0.29) is 6.61 Å². The van der Waals surface area contributed by atoms with Crippen molar-refractivity contribution in [2.24, 2.45) is 0 Å². The van der Waals surface area contributed by atoms with Gasteiger partial charge in [-0.25, -0.2) is 4.98 Å². The summed E-state index contributed by atoms with van der Waals surface area (Å²) in [5.41, 5.74) is 1.14. The van der Waals surface area contributed by atoms with Crippen molar-refractivity contribution >= 4 is 11.3 Å². The third kappa shape index (κ3) is 2.76. The van der Waals surface area contributed by atoms with Crippen LogP contribution in [0.5, 0.6) is 0 Å². The standard InChI is InChI=1S/C9H16N2OS/c1-3-4-7-8(5-10-2)13-9(6-12)11-7/h10,12H,3-6H2,1-2H3. The van der Waals surface area contributed by atoms with E-state index < -0.39 is 0 Å². The van der Waals surface area contributed by atoms with Crippen LogP contribution in [-0.4, -0.2) is 17.1 Å². The van der Waals surface area contributed by atoms with Crippen molar-refractivity contribution in [1.29, 1.82) is 0 Å². The molecule has 0 aromatic carbocycles. The first-order chi connectivity index (χ1) is 6.31. The van der Waals surface area contributed by atoms with Crippen LogP contribution in [0, 0.1) is 0 Å². The zero-order valence-electron chi connectivity index (χ0n) is 8.13. The number of aromatic nitrogens is 1. The Kier molecular flexibility index (Phi) is 4.35. The summed E-state index contributed by atoms with van der Waals surface area (Å²) in [4.78, 5) is 5.62. The topological polar surface area (TPSA) is 45.2 Å². The lowest BCUT2D eigenvalue weighted by atomic mass is 10.2. The maximum absolute atomic E-state index is 8.94. The molecule has 0 spiro atoms. The molecule has 1 rings (SSSR count). The Labute approximate surface area is 82.8 Å². The van der Waals surface area contributed by atoms with Gasteiger partial charge in [-0.3, -0.25) is 0 Å². The molecule has 2 N–H and O–H groups in total. The third-order valence-electron chi connectivity index (χ3n) is 1.78. The molecule has 0 fully saturated rings. The van der Waals surface area contributed by atoms with Gasteiger partial charge in [-0.1, -0.05) is 13.3 Å². The number of hydrogen-bond acceptors (Lipinski definition) is 4. The van der Waals surface area contributed by atoms with Crippen molar-refractivity contribution in [2.75, 3.05) is 7.05 Å². The number of hydrogen-bond donors (Lipinski definition) is 2. The maximum atomic E-state index is 8.94. The molecule has 0 atom stereocenters. The van der Waals surface area contributed by atoms with Gasteiger partial charge in [0.2, 0.25) is 0 Å². The van der Waals surface area contributed by atoms with Gasteiger partial charge in [0.05, 0.1) is 12.3 Å². The maximum Gasteiger partial charge on any atom is 0.119 e. The lowest BCUT2D eigenvalue weighted by Gasteiger charge is -1.98. The molecule has 3 nitrogen and oxygen atoms in total. The lowest BCUT2D eigenvalue weighted by molar-refractivity contribution is 0.281. The van der Waals surface area contributed by atoms with Crippen LogP contribution in [0.3, 0.4) is 0 Å². The summed E-state index contributed by atoms with van der Waals surface area (Å²) >= 11 is 1.60. The van der Waals surface area contributed by atoms with Crippen molar-refractivity contribution in [3.05, 3.63) is 15.6 Å². The van der Waals surface area contributed by atoms with Crippen LogP contribution in [0.4, 0.5) is 0 Å². The first-order valence-corrected chi connectivity index (χ1v) is 5.36. The van der Waals surface area contributed by atoms with Gasteiger partial charge in [-0.05, 0) is 13.5 Å². The second kappa shape index (κ2) is 5.32. The molecule has 0 saturated heterocycles. The third-order valence-corrected chi connectivity index (χ3v) is 2.86. The summed E-state index contributed by atoms with van der Waals surface area (Å²) in [6.07, 6.45) is 2.11. The fourth-order valence-electron chi connectivity index (χ4n) is 1.24. The van der Waals surface area contributed by atoms with Gasteiger partial charge in [0, 0.05) is 11.4 Å². The molecule has 4 heteroatoms. The zero-order chi connectivity index (χ0) is 9.68. The Bertz CT molecular complexity index is 237. The van der Waals surface area contributed by atoms with E-state index in [4.69, 9.17) is 5.11 Å². The first kappa shape index (κ1) is 10.6. The molecule has 0 aliphatic rings. The van der Waals surface area contributed by atoms with Crippen molar-refractivity contribution in [2.45, 2.75) is 32.9 Å². The molecular formula is C9H16N2OS. The Balaban J connectivity index is 2.79. The number of aliphatic hydroxyl groups excluding tert-OH is 1. The Morgan fingerprint density at radius 1 is 1.54 bits per heavy atom. The van der Waals surface area contributed by atoms with Crippen LogP contribution in [-0.2, 0) is 19.6 Å². The second-order valence-corrected chi connectivity index (χ2v) is 4.08. The van der Waals surface area contributed by atoms with Gasteiger partial charge < -0.3 is 10.4 Å². The predicted octanol–water partition coefficient (Wildman–Crippen LogP) is 1.31. The fourth-order valence-corrected chi connectivity index (χ4v) is 2.22. The summed E-state index contributed by atoms with van der Waals surface area (Å²) in [7, 11) is 1.92. The summed E-state index contributed by atoms with van der Waals surface area (Å²) in [5, 5.41) is 12.9. The minimum Gasteiger partial charge on any atom is -0.389 e. The monoisotopic (exact) mass is 200 g/mol. The first-order valence-electron chi connectivity index (χ1n) is 4.54. The molecule has 1 aromatic heterocycles. The van der Waals surface area contributed by atoms with Crippen LogP contribution in [0.1, 0.15) is 28.9 Å². The van der Waals surface area contributed by atoms with Gasteiger partial charge in [-0.15, -0.1) is 11.3 Å². The number of rotatable bonds is 5. The predicted molar refractivity (Wildman–Crippen MR) is 54.8 cm³/mol. The highest BCUT2D eigenvalue weighted by molar-refractivity contribution is 7.11. The molecule has 1 aromatic rings. The minimum atomic E-state index is 0.0606. The minimum absolute atomic E-state index is 0.0606. The summed E-state index contributed by atoms with van der Waals surface area (Å²) in [6.45, 7) is 3.05. The average Bonchev–Trinajstić information content (AvgIpc) is 2.50. The van der Waals surface area contributed by atoms with Crippen molar-refractivity contribution in [1.82, 2.24) is 10.3 Å². The van der Waals surface area contributed by atoms with Gasteiger partial charge >= 0.3 is 0 Å². The van der Waals surface area contributed by atoms with E-state index in [1.807, 2.05) is 7.05 Å². The van der Waals surface area contributed by atoms with Gasteiger partial charge in [0.15, 0.2) is 0 Å². The van der Waals surface area contributed by atoms with E-state index in [1.165, 1.54) is 4.88 Å². The number of nitrogens with zero attached hydrogens (tertiary/aromatic N) is 1. The fraction of sp³-hybridized carbons (Fsp3) is 0.667. The molecule has 74 valence electrons. The highest BCUT2D eigenvalue weighted by Gasteiger charge is 2.08. The highest BCUT2D eigenvalue weighted by atomic mass is 32.1. The van der Waals surface area contributed by atoms with E-state index >= 15 is 0 Å². The highest BCUT2D eigenvalue weighted by Crippen LogP contribution is 2.19. The van der Waals surface area contributed by atoms with Crippen molar-refractivity contribution in [3.8, 4) is 0 Å². The Hall–Kier alpha value is -0.450. The second-order valence-electron chi connectivity index (χ2n) is 2.92. The molecule has 0 amide bonds. The Morgan fingerprint density at radius 3 is 2.85 bits per heavy atom. The van der Waals surface area contributed by atoms with Crippen LogP contribution in [0.2, 0.25) is 0 Å². The molecule has 0 aliphatic heterocycles. The van der Waals surface area contributed by atoms with Crippen molar-refractivity contribution in [3.63, 3.8) is 0 Å². The van der Waals surface area contributed by atoms with Crippen LogP contribution < -0.4 is 5.32 Å². The van der Waals surface area contributed by atoms with Gasteiger partial charge in [-0.2, -0.15) is 0 Å². The largest absolute Gasteiger partial charge is 0.389 e. The van der Waals surface area contributed by atoms with E-state index in [9.17, 15) is 0 Å². The molecule has 0 unspecified atom stereocenters. The molecule has 0 bridgehead atoms. The zero-order valence-corrected chi connectivity index (χ0v) is 8.95. The average molecular weight is 200 g/mol. The summed E-state index contributed by atoms with van der Waals surface area (Å²) in [5.74, 6) is 0.